The maximum Gasteiger partial charge on any atom is 0.257 e. The number of amides is 1. The van der Waals surface area contributed by atoms with Gasteiger partial charge in [-0.3, -0.25) is 9.78 Å². The summed E-state index contributed by atoms with van der Waals surface area (Å²) in [4.78, 5) is 19.0. The Labute approximate surface area is 166 Å². The highest BCUT2D eigenvalue weighted by atomic mass is 16.1. The number of nitrogens with zero attached hydrogens (tertiary/aromatic N) is 2. The number of rotatable bonds is 6. The van der Waals surface area contributed by atoms with Crippen LogP contribution in [0.15, 0.2) is 60.9 Å². The molecular weight excluding hydrogens is 348 g/mol. The van der Waals surface area contributed by atoms with E-state index in [9.17, 15) is 4.79 Å². The molecule has 0 saturated carbocycles. The summed E-state index contributed by atoms with van der Waals surface area (Å²) in [5.74, 6) is -0.164. The van der Waals surface area contributed by atoms with E-state index in [0.29, 0.717) is 5.56 Å². The molecule has 2 N–H and O–H groups in total. The van der Waals surface area contributed by atoms with E-state index in [-0.39, 0.29) is 5.91 Å². The molecule has 0 saturated heterocycles. The molecule has 144 valence electrons. The Morgan fingerprint density at radius 2 is 1.79 bits per heavy atom. The zero-order chi connectivity index (χ0) is 20.1. The van der Waals surface area contributed by atoms with Gasteiger partial charge in [-0.1, -0.05) is 25.1 Å². The number of hydrogen-bond acceptors (Lipinski definition) is 4. The van der Waals surface area contributed by atoms with Gasteiger partial charge >= 0.3 is 0 Å². The number of pyridine rings is 1. The van der Waals surface area contributed by atoms with Gasteiger partial charge in [0.1, 0.15) is 0 Å². The van der Waals surface area contributed by atoms with Gasteiger partial charge in [0.25, 0.3) is 5.91 Å². The second-order valence-corrected chi connectivity index (χ2v) is 6.95. The van der Waals surface area contributed by atoms with Crippen LogP contribution in [0.4, 0.5) is 22.7 Å². The molecule has 1 amide bonds. The molecule has 0 fully saturated rings. The fourth-order valence-electron chi connectivity index (χ4n) is 3.03. The lowest BCUT2D eigenvalue weighted by molar-refractivity contribution is 0.102. The molecule has 28 heavy (non-hydrogen) atoms. The van der Waals surface area contributed by atoms with Crippen molar-refractivity contribution in [1.29, 1.82) is 0 Å². The Bertz CT molecular complexity index is 965. The van der Waals surface area contributed by atoms with Crippen LogP contribution in [0, 0.1) is 6.92 Å². The van der Waals surface area contributed by atoms with Gasteiger partial charge in [0.2, 0.25) is 0 Å². The minimum Gasteiger partial charge on any atom is -0.378 e. The van der Waals surface area contributed by atoms with Crippen molar-refractivity contribution in [2.45, 2.75) is 20.3 Å². The van der Waals surface area contributed by atoms with Gasteiger partial charge < -0.3 is 15.5 Å². The molecule has 5 nitrogen and oxygen atoms in total. The van der Waals surface area contributed by atoms with E-state index in [4.69, 9.17) is 0 Å². The largest absolute Gasteiger partial charge is 0.378 e. The van der Waals surface area contributed by atoms with Crippen LogP contribution in [0.3, 0.4) is 0 Å². The molecule has 0 spiro atoms. The minimum atomic E-state index is -0.164. The third-order valence-electron chi connectivity index (χ3n) is 4.65. The van der Waals surface area contributed by atoms with Crippen molar-refractivity contribution in [2.75, 3.05) is 29.6 Å². The number of nitrogens with one attached hydrogen (secondary N) is 2. The first kappa shape index (κ1) is 19.4. The van der Waals surface area contributed by atoms with Crippen molar-refractivity contribution in [3.63, 3.8) is 0 Å². The number of benzene rings is 2. The predicted octanol–water partition coefficient (Wildman–Crippen LogP) is 5.01. The third-order valence-corrected chi connectivity index (χ3v) is 4.65. The number of carbonyl (C=O) groups excluding carboxylic acids is 1. The summed E-state index contributed by atoms with van der Waals surface area (Å²) < 4.78 is 0. The summed E-state index contributed by atoms with van der Waals surface area (Å²) in [6.45, 7) is 4.08. The number of carbonyl (C=O) groups is 1. The van der Waals surface area contributed by atoms with E-state index in [0.717, 1.165) is 40.3 Å². The molecule has 1 heterocycles. The Hall–Kier alpha value is -3.34. The van der Waals surface area contributed by atoms with Crippen LogP contribution in [-0.4, -0.2) is 25.0 Å². The van der Waals surface area contributed by atoms with Crippen molar-refractivity contribution in [2.24, 2.45) is 0 Å². The van der Waals surface area contributed by atoms with Crippen molar-refractivity contribution in [1.82, 2.24) is 4.98 Å². The quantitative estimate of drug-likeness (QED) is 0.636. The lowest BCUT2D eigenvalue weighted by atomic mass is 10.1. The molecule has 3 rings (SSSR count). The molecule has 0 aliphatic rings. The smallest absolute Gasteiger partial charge is 0.257 e. The van der Waals surface area contributed by atoms with Crippen LogP contribution in [0.2, 0.25) is 0 Å². The maximum absolute atomic E-state index is 12.8. The number of para-hydroxylation sites is 1. The monoisotopic (exact) mass is 374 g/mol. The molecule has 0 aliphatic carbocycles. The van der Waals surface area contributed by atoms with Crippen LogP contribution in [0.5, 0.6) is 0 Å². The van der Waals surface area contributed by atoms with Gasteiger partial charge in [-0.25, -0.2) is 0 Å². The average Bonchev–Trinajstić information content (AvgIpc) is 2.70. The molecule has 3 aromatic rings. The maximum atomic E-state index is 12.8. The topological polar surface area (TPSA) is 57.3 Å². The summed E-state index contributed by atoms with van der Waals surface area (Å²) in [6, 6.07) is 15.9. The van der Waals surface area contributed by atoms with Gasteiger partial charge in [-0.2, -0.15) is 0 Å². The van der Waals surface area contributed by atoms with E-state index in [1.165, 1.54) is 0 Å². The molecule has 2 aromatic carbocycles. The molecule has 0 unspecified atom stereocenters. The van der Waals surface area contributed by atoms with Crippen LogP contribution < -0.4 is 15.5 Å². The van der Waals surface area contributed by atoms with E-state index in [2.05, 4.69) is 22.5 Å². The number of hydrogen-bond donors (Lipinski definition) is 2. The molecule has 0 aliphatic heterocycles. The average molecular weight is 374 g/mol. The second-order valence-electron chi connectivity index (χ2n) is 6.95. The summed E-state index contributed by atoms with van der Waals surface area (Å²) in [5, 5.41) is 6.35. The lowest BCUT2D eigenvalue weighted by Gasteiger charge is -2.14. The summed E-state index contributed by atoms with van der Waals surface area (Å²) >= 11 is 0. The number of anilines is 4. The highest BCUT2D eigenvalue weighted by Gasteiger charge is 2.12. The Balaban J connectivity index is 1.77. The SMILES string of the molecule is CCc1cccc(C)c1NC(=O)c1cncc(Nc2ccc(N(C)C)cc2)c1. The second kappa shape index (κ2) is 8.57. The minimum absolute atomic E-state index is 0.164. The molecule has 0 bridgehead atoms. The number of aryl methyl sites for hydroxylation is 2. The van der Waals surface area contributed by atoms with Crippen LogP contribution in [0.1, 0.15) is 28.4 Å². The van der Waals surface area contributed by atoms with Gasteiger partial charge in [0.05, 0.1) is 17.4 Å². The van der Waals surface area contributed by atoms with E-state index in [1.807, 2.05) is 74.4 Å². The molecule has 0 radical (unpaired) electrons. The lowest BCUT2D eigenvalue weighted by Crippen LogP contribution is -2.14. The zero-order valence-corrected chi connectivity index (χ0v) is 16.8. The first-order valence-corrected chi connectivity index (χ1v) is 9.37. The Kier molecular flexibility index (Phi) is 5.94. The number of aromatic nitrogens is 1. The fraction of sp³-hybridized carbons (Fsp3) is 0.217. The van der Waals surface area contributed by atoms with Crippen LogP contribution in [0.25, 0.3) is 0 Å². The van der Waals surface area contributed by atoms with Crippen molar-refractivity contribution >= 4 is 28.7 Å². The van der Waals surface area contributed by atoms with Crippen molar-refractivity contribution < 1.29 is 4.79 Å². The molecule has 1 aromatic heterocycles. The highest BCUT2D eigenvalue weighted by Crippen LogP contribution is 2.23. The summed E-state index contributed by atoms with van der Waals surface area (Å²) in [5.41, 5.74) is 6.41. The predicted molar refractivity (Wildman–Crippen MR) is 117 cm³/mol. The Morgan fingerprint density at radius 3 is 2.46 bits per heavy atom. The normalized spacial score (nSPS) is 10.4. The van der Waals surface area contributed by atoms with E-state index >= 15 is 0 Å². The highest BCUT2D eigenvalue weighted by molar-refractivity contribution is 6.05. The van der Waals surface area contributed by atoms with E-state index in [1.54, 1.807) is 12.4 Å². The van der Waals surface area contributed by atoms with Gasteiger partial charge in [-0.05, 0) is 54.8 Å². The molecular formula is C23H26N4O. The third kappa shape index (κ3) is 4.49. The van der Waals surface area contributed by atoms with Gasteiger partial charge in [0.15, 0.2) is 0 Å². The first-order valence-electron chi connectivity index (χ1n) is 9.37. The first-order chi connectivity index (χ1) is 13.5. The fourth-order valence-corrected chi connectivity index (χ4v) is 3.03. The molecule has 0 atom stereocenters. The van der Waals surface area contributed by atoms with Crippen molar-refractivity contribution in [3.8, 4) is 0 Å². The molecule has 5 heteroatoms. The van der Waals surface area contributed by atoms with Gasteiger partial charge in [-0.15, -0.1) is 0 Å². The summed E-state index contributed by atoms with van der Waals surface area (Å²) in [7, 11) is 4.01. The van der Waals surface area contributed by atoms with E-state index < -0.39 is 0 Å². The van der Waals surface area contributed by atoms with Crippen LogP contribution in [-0.2, 0) is 6.42 Å². The summed E-state index contributed by atoms with van der Waals surface area (Å²) in [6.07, 6.45) is 4.15. The van der Waals surface area contributed by atoms with Crippen molar-refractivity contribution in [3.05, 3.63) is 77.6 Å². The standard InChI is InChI=1S/C23H26N4O/c1-5-17-8-6-7-16(2)22(17)26-23(28)18-13-20(15-24-14-18)25-19-9-11-21(12-10-19)27(3)4/h6-15,25H,5H2,1-4H3,(H,26,28). The zero-order valence-electron chi connectivity index (χ0n) is 16.8. The van der Waals surface area contributed by atoms with Crippen LogP contribution >= 0.6 is 0 Å². The Morgan fingerprint density at radius 1 is 1.04 bits per heavy atom. The van der Waals surface area contributed by atoms with Gasteiger partial charge in [0, 0.05) is 37.4 Å².